The van der Waals surface area contributed by atoms with Crippen LogP contribution in [0.1, 0.15) is 22.3 Å². The Morgan fingerprint density at radius 1 is 1.09 bits per heavy atom. The molecule has 5 nitrogen and oxygen atoms in total. The summed E-state index contributed by atoms with van der Waals surface area (Å²) in [5, 5.41) is 11.6. The van der Waals surface area contributed by atoms with E-state index in [9.17, 15) is 9.59 Å². The van der Waals surface area contributed by atoms with E-state index >= 15 is 0 Å². The minimum Gasteiger partial charge on any atom is -0.481 e. The Labute approximate surface area is 134 Å². The van der Waals surface area contributed by atoms with Crippen molar-refractivity contribution in [1.82, 2.24) is 0 Å². The zero-order chi connectivity index (χ0) is 16.8. The summed E-state index contributed by atoms with van der Waals surface area (Å²) < 4.78 is 5.16. The molecule has 0 aliphatic rings. The molecule has 0 unspecified atom stereocenters. The van der Waals surface area contributed by atoms with Crippen molar-refractivity contribution < 1.29 is 19.4 Å². The Kier molecular flexibility index (Phi) is 5.36. The van der Waals surface area contributed by atoms with Crippen molar-refractivity contribution in [3.63, 3.8) is 0 Å². The second-order valence-corrected chi connectivity index (χ2v) is 5.35. The number of anilines is 1. The molecule has 5 heteroatoms. The summed E-state index contributed by atoms with van der Waals surface area (Å²) >= 11 is 0. The Bertz CT molecular complexity index is 687. The maximum atomic E-state index is 11.8. The van der Waals surface area contributed by atoms with E-state index in [4.69, 9.17) is 9.84 Å². The number of carbonyl (C=O) groups is 2. The number of benzene rings is 2. The van der Waals surface area contributed by atoms with Crippen LogP contribution in [0, 0.1) is 13.8 Å². The quantitative estimate of drug-likeness (QED) is 0.883. The van der Waals surface area contributed by atoms with Gasteiger partial charge in [0.15, 0.2) is 0 Å². The number of aryl methyl sites for hydroxylation is 2. The van der Waals surface area contributed by atoms with Crippen molar-refractivity contribution in [2.24, 2.45) is 0 Å². The smallest absolute Gasteiger partial charge is 0.411 e. The van der Waals surface area contributed by atoms with Crippen LogP contribution < -0.4 is 5.32 Å². The summed E-state index contributed by atoms with van der Waals surface area (Å²) in [4.78, 5) is 22.7. The van der Waals surface area contributed by atoms with Gasteiger partial charge >= 0.3 is 12.1 Å². The monoisotopic (exact) mass is 313 g/mol. The van der Waals surface area contributed by atoms with Crippen molar-refractivity contribution in [1.29, 1.82) is 0 Å². The van der Waals surface area contributed by atoms with Crippen LogP contribution in [0.4, 0.5) is 10.5 Å². The van der Waals surface area contributed by atoms with Gasteiger partial charge in [0.1, 0.15) is 6.61 Å². The lowest BCUT2D eigenvalue weighted by molar-refractivity contribution is -0.136. The molecule has 120 valence electrons. The van der Waals surface area contributed by atoms with E-state index in [2.05, 4.69) is 5.32 Å². The lowest BCUT2D eigenvalue weighted by atomic mass is 9.99. The Hall–Kier alpha value is -2.82. The first-order chi connectivity index (χ1) is 11.0. The molecule has 0 radical (unpaired) electrons. The number of carboxylic acid groups (broad SMARTS) is 1. The van der Waals surface area contributed by atoms with Crippen LogP contribution >= 0.6 is 0 Å². The van der Waals surface area contributed by atoms with Gasteiger partial charge in [-0.25, -0.2) is 4.79 Å². The van der Waals surface area contributed by atoms with E-state index in [-0.39, 0.29) is 13.0 Å². The predicted octanol–water partition coefficient (Wildman–Crippen LogP) is 3.68. The number of ether oxygens (including phenoxy) is 1. The van der Waals surface area contributed by atoms with E-state index in [1.165, 1.54) is 0 Å². The summed E-state index contributed by atoms with van der Waals surface area (Å²) in [5.41, 5.74) is 3.91. The molecule has 0 heterocycles. The van der Waals surface area contributed by atoms with Gasteiger partial charge in [0.2, 0.25) is 0 Å². The molecule has 0 fully saturated rings. The fourth-order valence-corrected chi connectivity index (χ4v) is 2.37. The van der Waals surface area contributed by atoms with E-state index in [0.717, 1.165) is 22.3 Å². The average molecular weight is 313 g/mol. The fourth-order valence-electron chi connectivity index (χ4n) is 2.37. The molecule has 0 atom stereocenters. The highest BCUT2D eigenvalue weighted by Gasteiger charge is 2.11. The number of amides is 1. The normalized spacial score (nSPS) is 10.2. The van der Waals surface area contributed by atoms with Crippen LogP contribution in [0.2, 0.25) is 0 Å². The second-order valence-electron chi connectivity index (χ2n) is 5.35. The molecular weight excluding hydrogens is 294 g/mol. The highest BCUT2D eigenvalue weighted by Crippen LogP contribution is 2.21. The van der Waals surface area contributed by atoms with Crippen LogP contribution in [-0.2, 0) is 22.6 Å². The van der Waals surface area contributed by atoms with Crippen molar-refractivity contribution in [2.75, 3.05) is 5.32 Å². The van der Waals surface area contributed by atoms with Gasteiger partial charge in [0, 0.05) is 5.69 Å². The topological polar surface area (TPSA) is 75.6 Å². The number of rotatable bonds is 5. The van der Waals surface area contributed by atoms with Crippen molar-refractivity contribution >= 4 is 17.7 Å². The number of aliphatic carboxylic acids is 1. The molecule has 2 N–H and O–H groups in total. The molecule has 0 saturated heterocycles. The van der Waals surface area contributed by atoms with E-state index in [1.807, 2.05) is 44.2 Å². The van der Waals surface area contributed by atoms with Gasteiger partial charge < -0.3 is 9.84 Å². The molecule has 2 rings (SSSR count). The zero-order valence-corrected chi connectivity index (χ0v) is 13.1. The lowest BCUT2D eigenvalue weighted by Crippen LogP contribution is -2.14. The van der Waals surface area contributed by atoms with E-state index in [1.54, 1.807) is 12.1 Å². The molecule has 0 aliphatic carbocycles. The molecule has 1 amide bonds. The predicted molar refractivity (Wildman–Crippen MR) is 87.5 cm³/mol. The molecular formula is C18H19NO4. The Balaban J connectivity index is 1.99. The third-order valence-electron chi connectivity index (χ3n) is 3.48. The molecule has 23 heavy (non-hydrogen) atoms. The van der Waals surface area contributed by atoms with Gasteiger partial charge in [-0.1, -0.05) is 30.3 Å². The maximum Gasteiger partial charge on any atom is 0.411 e. The molecule has 2 aromatic carbocycles. The molecule has 0 aromatic heterocycles. The van der Waals surface area contributed by atoms with Gasteiger partial charge in [-0.2, -0.15) is 0 Å². The summed E-state index contributed by atoms with van der Waals surface area (Å²) in [6, 6.07) is 12.9. The Morgan fingerprint density at radius 2 is 1.70 bits per heavy atom. The molecule has 0 bridgehead atoms. The molecule has 0 saturated carbocycles. The Morgan fingerprint density at radius 3 is 2.26 bits per heavy atom. The largest absolute Gasteiger partial charge is 0.481 e. The number of hydrogen-bond acceptors (Lipinski definition) is 3. The van der Waals surface area contributed by atoms with E-state index in [0.29, 0.717) is 5.69 Å². The van der Waals surface area contributed by atoms with Gasteiger partial charge in [0.05, 0.1) is 6.42 Å². The van der Waals surface area contributed by atoms with E-state index < -0.39 is 12.1 Å². The number of nitrogens with one attached hydrogen (secondary N) is 1. The third-order valence-corrected chi connectivity index (χ3v) is 3.48. The van der Waals surface area contributed by atoms with Crippen molar-refractivity contribution in [3.05, 3.63) is 64.7 Å². The van der Waals surface area contributed by atoms with Gasteiger partial charge in [0.25, 0.3) is 0 Å². The van der Waals surface area contributed by atoms with Crippen molar-refractivity contribution in [3.8, 4) is 0 Å². The number of carbonyl (C=O) groups excluding carboxylic acids is 1. The third kappa shape index (κ3) is 4.85. The summed E-state index contributed by atoms with van der Waals surface area (Å²) in [5.74, 6) is -0.876. The SMILES string of the molecule is Cc1cc(NC(=O)OCc2ccccc2)cc(C)c1CC(=O)O. The lowest BCUT2D eigenvalue weighted by Gasteiger charge is -2.12. The first-order valence-electron chi connectivity index (χ1n) is 7.25. The standard InChI is InChI=1S/C18H19NO4/c1-12-8-15(9-13(2)16(12)10-17(20)21)19-18(22)23-11-14-6-4-3-5-7-14/h3-9H,10-11H2,1-2H3,(H,19,22)(H,20,21). The first-order valence-corrected chi connectivity index (χ1v) is 7.25. The minimum atomic E-state index is -0.876. The number of carboxylic acids is 1. The summed E-state index contributed by atoms with van der Waals surface area (Å²) in [7, 11) is 0. The van der Waals surface area contributed by atoms with Gasteiger partial charge in [-0.3, -0.25) is 10.1 Å². The van der Waals surface area contributed by atoms with Gasteiger partial charge in [-0.05, 0) is 48.2 Å². The first kappa shape index (κ1) is 16.5. The minimum absolute atomic E-state index is 0.0313. The van der Waals surface area contributed by atoms with Crippen molar-refractivity contribution in [2.45, 2.75) is 26.9 Å². The van der Waals surface area contributed by atoms with Crippen LogP contribution in [0.15, 0.2) is 42.5 Å². The highest BCUT2D eigenvalue weighted by molar-refractivity contribution is 5.85. The second kappa shape index (κ2) is 7.45. The molecule has 0 spiro atoms. The fraction of sp³-hybridized carbons (Fsp3) is 0.222. The molecule has 2 aromatic rings. The zero-order valence-electron chi connectivity index (χ0n) is 13.1. The molecule has 0 aliphatic heterocycles. The van der Waals surface area contributed by atoms with Crippen LogP contribution in [0.3, 0.4) is 0 Å². The maximum absolute atomic E-state index is 11.8. The van der Waals surface area contributed by atoms with Crippen LogP contribution in [0.5, 0.6) is 0 Å². The average Bonchev–Trinajstić information content (AvgIpc) is 2.50. The summed E-state index contributed by atoms with van der Waals surface area (Å²) in [6.45, 7) is 3.85. The highest BCUT2D eigenvalue weighted by atomic mass is 16.5. The van der Waals surface area contributed by atoms with Gasteiger partial charge in [-0.15, -0.1) is 0 Å². The van der Waals surface area contributed by atoms with Crippen LogP contribution in [-0.4, -0.2) is 17.2 Å². The van der Waals surface area contributed by atoms with Crippen LogP contribution in [0.25, 0.3) is 0 Å². The summed E-state index contributed by atoms with van der Waals surface area (Å²) in [6.07, 6.45) is -0.574. The number of hydrogen-bond donors (Lipinski definition) is 2.